The first-order valence-corrected chi connectivity index (χ1v) is 13.3. The fourth-order valence-electron chi connectivity index (χ4n) is 3.86. The third-order valence-electron chi connectivity index (χ3n) is 5.43. The number of methoxy groups -OCH3 is 1. The van der Waals surface area contributed by atoms with Crippen LogP contribution < -0.4 is 10.1 Å². The molecule has 1 aliphatic heterocycles. The van der Waals surface area contributed by atoms with E-state index in [1.165, 1.54) is 42.6 Å². The smallest absolute Gasteiger partial charge is 0.246 e. The Hall–Kier alpha value is -2.24. The predicted octanol–water partition coefficient (Wildman–Crippen LogP) is 3.65. The molecule has 0 saturated heterocycles. The molecule has 7 nitrogen and oxygen atoms in total. The molecule has 1 N–H and O–H groups in total. The second kappa shape index (κ2) is 9.32. The van der Waals surface area contributed by atoms with Gasteiger partial charge in [0, 0.05) is 36.1 Å². The van der Waals surface area contributed by atoms with Crippen LogP contribution in [0.5, 0.6) is 5.75 Å². The molecular weight excluding hydrogens is 466 g/mol. The lowest BCUT2D eigenvalue weighted by Crippen LogP contribution is -2.40. The van der Waals surface area contributed by atoms with Gasteiger partial charge in [0.15, 0.2) is 0 Å². The number of anilines is 1. The van der Waals surface area contributed by atoms with E-state index in [1.54, 1.807) is 34.8 Å². The zero-order valence-corrected chi connectivity index (χ0v) is 20.5. The Labute approximate surface area is 196 Å². The molecule has 3 aromatic rings. The summed E-state index contributed by atoms with van der Waals surface area (Å²) >= 11 is 3.45. The lowest BCUT2D eigenvalue weighted by Gasteiger charge is -2.34. The van der Waals surface area contributed by atoms with Gasteiger partial charge in [-0.05, 0) is 53.1 Å². The third kappa shape index (κ3) is 4.46. The monoisotopic (exact) mass is 491 g/mol. The van der Waals surface area contributed by atoms with Gasteiger partial charge in [-0.25, -0.2) is 12.7 Å². The van der Waals surface area contributed by atoms with Crippen LogP contribution in [0.3, 0.4) is 0 Å². The molecular formula is C22H25N3O4S3. The number of ether oxygens (including phenoxy) is 1. The van der Waals surface area contributed by atoms with Crippen molar-refractivity contribution in [1.29, 1.82) is 0 Å². The van der Waals surface area contributed by atoms with E-state index in [0.717, 1.165) is 17.3 Å². The SMILES string of the molecule is COc1ccc(NC(=O)CN2CCc3sccc3[C@H]2c2cccs2)cc1S(=O)(=O)N(C)C. The zero-order valence-electron chi connectivity index (χ0n) is 18.1. The molecule has 0 aliphatic carbocycles. The van der Waals surface area contributed by atoms with Crippen molar-refractivity contribution in [1.82, 2.24) is 9.21 Å². The fourth-order valence-corrected chi connectivity index (χ4v) is 6.71. The summed E-state index contributed by atoms with van der Waals surface area (Å²) in [6.45, 7) is 0.992. The molecule has 0 bridgehead atoms. The first-order chi connectivity index (χ1) is 15.3. The lowest BCUT2D eigenvalue weighted by molar-refractivity contribution is -0.117. The molecule has 0 saturated carbocycles. The third-order valence-corrected chi connectivity index (χ3v) is 9.19. The summed E-state index contributed by atoms with van der Waals surface area (Å²) < 4.78 is 31.7. The summed E-state index contributed by atoms with van der Waals surface area (Å²) in [5, 5.41) is 7.03. The van der Waals surface area contributed by atoms with Gasteiger partial charge in [-0.2, -0.15) is 0 Å². The molecule has 0 unspecified atom stereocenters. The van der Waals surface area contributed by atoms with Crippen molar-refractivity contribution in [3.63, 3.8) is 0 Å². The van der Waals surface area contributed by atoms with Gasteiger partial charge in [0.05, 0.1) is 19.7 Å². The van der Waals surface area contributed by atoms with Crippen LogP contribution in [0.4, 0.5) is 5.69 Å². The number of benzene rings is 1. The van der Waals surface area contributed by atoms with Gasteiger partial charge >= 0.3 is 0 Å². The maximum absolute atomic E-state index is 13.0. The highest BCUT2D eigenvalue weighted by Gasteiger charge is 2.31. The van der Waals surface area contributed by atoms with Crippen molar-refractivity contribution >= 4 is 44.3 Å². The van der Waals surface area contributed by atoms with Gasteiger partial charge in [0.2, 0.25) is 15.9 Å². The Morgan fingerprint density at radius 2 is 2.03 bits per heavy atom. The maximum atomic E-state index is 13.0. The normalized spacial score (nSPS) is 16.7. The van der Waals surface area contributed by atoms with Crippen LogP contribution in [0.25, 0.3) is 0 Å². The van der Waals surface area contributed by atoms with E-state index < -0.39 is 10.0 Å². The Bertz CT molecular complexity index is 1200. The molecule has 0 fully saturated rings. The number of carbonyl (C=O) groups excluding carboxylic acids is 1. The number of sulfonamides is 1. The predicted molar refractivity (Wildman–Crippen MR) is 128 cm³/mol. The number of hydrogen-bond donors (Lipinski definition) is 1. The van der Waals surface area contributed by atoms with Crippen molar-refractivity contribution < 1.29 is 17.9 Å². The molecule has 0 radical (unpaired) electrons. The van der Waals surface area contributed by atoms with Crippen LogP contribution in [-0.2, 0) is 21.2 Å². The summed E-state index contributed by atoms with van der Waals surface area (Å²) in [5.41, 5.74) is 1.68. The Morgan fingerprint density at radius 3 is 2.72 bits per heavy atom. The van der Waals surface area contributed by atoms with Crippen LogP contribution in [0.1, 0.15) is 21.4 Å². The number of nitrogens with zero attached hydrogens (tertiary/aromatic N) is 2. The lowest BCUT2D eigenvalue weighted by atomic mass is 9.98. The highest BCUT2D eigenvalue weighted by atomic mass is 32.2. The number of fused-ring (bicyclic) bond motifs is 1. The van der Waals surface area contributed by atoms with Crippen LogP contribution >= 0.6 is 22.7 Å². The van der Waals surface area contributed by atoms with Crippen molar-refractivity contribution in [3.05, 3.63) is 62.5 Å². The van der Waals surface area contributed by atoms with Crippen LogP contribution in [-0.4, -0.2) is 57.8 Å². The second-order valence-corrected chi connectivity index (χ2v) is 11.7. The number of rotatable bonds is 7. The number of hydrogen-bond acceptors (Lipinski definition) is 7. The van der Waals surface area contributed by atoms with Crippen molar-refractivity contribution in [2.24, 2.45) is 0 Å². The number of carbonyl (C=O) groups is 1. The van der Waals surface area contributed by atoms with Gasteiger partial charge in [-0.1, -0.05) is 6.07 Å². The summed E-state index contributed by atoms with van der Waals surface area (Å²) in [6.07, 6.45) is 0.913. The molecule has 2 aromatic heterocycles. The summed E-state index contributed by atoms with van der Waals surface area (Å²) in [7, 11) is 0.614. The van der Waals surface area contributed by atoms with Crippen LogP contribution in [0, 0.1) is 0 Å². The molecule has 1 aromatic carbocycles. The molecule has 1 atom stereocenters. The standard InChI is InChI=1S/C22H25N3O4S3/c1-24(2)32(27,28)20-13-15(6-7-17(20)29-3)23-21(26)14-25-10-8-18-16(9-12-31-18)22(25)19-5-4-11-30-19/h4-7,9,11-13,22H,8,10,14H2,1-3H3,(H,23,26)/t22-/m0/s1. The average molecular weight is 492 g/mol. The minimum absolute atomic E-state index is 0.0140. The minimum atomic E-state index is -3.72. The summed E-state index contributed by atoms with van der Waals surface area (Å²) in [5.74, 6) is 0.0408. The first kappa shape index (κ1) is 22.9. The second-order valence-electron chi connectivity index (χ2n) is 7.64. The fraction of sp³-hybridized carbons (Fsp3) is 0.318. The Kier molecular flexibility index (Phi) is 6.68. The van der Waals surface area contributed by atoms with Gasteiger partial charge in [-0.3, -0.25) is 9.69 Å². The Morgan fingerprint density at radius 1 is 1.22 bits per heavy atom. The van der Waals surface area contributed by atoms with Crippen LogP contribution in [0.15, 0.2) is 52.1 Å². The van der Waals surface area contributed by atoms with Gasteiger partial charge < -0.3 is 10.1 Å². The van der Waals surface area contributed by atoms with Crippen molar-refractivity contribution in [2.45, 2.75) is 17.4 Å². The Balaban J connectivity index is 1.55. The molecule has 170 valence electrons. The van der Waals surface area contributed by atoms with Gasteiger partial charge in [-0.15, -0.1) is 22.7 Å². The maximum Gasteiger partial charge on any atom is 0.246 e. The highest BCUT2D eigenvalue weighted by molar-refractivity contribution is 7.89. The summed E-state index contributed by atoms with van der Waals surface area (Å²) in [4.78, 5) is 17.7. The zero-order chi connectivity index (χ0) is 22.9. The first-order valence-electron chi connectivity index (χ1n) is 10.1. The van der Waals surface area contributed by atoms with E-state index in [4.69, 9.17) is 4.74 Å². The number of nitrogens with one attached hydrogen (secondary N) is 1. The van der Waals surface area contributed by atoms with E-state index in [1.807, 2.05) is 6.07 Å². The summed E-state index contributed by atoms with van der Waals surface area (Å²) in [6, 6.07) is 11.0. The quantitative estimate of drug-likeness (QED) is 0.546. The molecule has 1 amide bonds. The van der Waals surface area contributed by atoms with Crippen LogP contribution in [0.2, 0.25) is 0 Å². The number of amides is 1. The number of thiophene rings is 2. The van der Waals surface area contributed by atoms with Crippen molar-refractivity contribution in [3.8, 4) is 5.75 Å². The van der Waals surface area contributed by atoms with E-state index in [2.05, 4.69) is 33.1 Å². The molecule has 0 spiro atoms. The molecule has 32 heavy (non-hydrogen) atoms. The van der Waals surface area contributed by atoms with Gasteiger partial charge in [0.1, 0.15) is 10.6 Å². The van der Waals surface area contributed by atoms with Gasteiger partial charge in [0.25, 0.3) is 0 Å². The molecule has 3 heterocycles. The van der Waals surface area contributed by atoms with E-state index >= 15 is 0 Å². The topological polar surface area (TPSA) is 79.0 Å². The largest absolute Gasteiger partial charge is 0.495 e. The minimum Gasteiger partial charge on any atom is -0.495 e. The average Bonchev–Trinajstić information content (AvgIpc) is 3.45. The van der Waals surface area contributed by atoms with E-state index in [9.17, 15) is 13.2 Å². The molecule has 4 rings (SSSR count). The van der Waals surface area contributed by atoms with E-state index in [0.29, 0.717) is 5.69 Å². The molecule has 10 heteroatoms. The van der Waals surface area contributed by atoms with Crippen molar-refractivity contribution in [2.75, 3.05) is 39.6 Å². The highest BCUT2D eigenvalue weighted by Crippen LogP contribution is 2.39. The van der Waals surface area contributed by atoms with E-state index in [-0.39, 0.29) is 29.1 Å². The molecule has 1 aliphatic rings.